The summed E-state index contributed by atoms with van der Waals surface area (Å²) in [4.78, 5) is 0. The van der Waals surface area contributed by atoms with E-state index in [1.54, 1.807) is 32.0 Å². The summed E-state index contributed by atoms with van der Waals surface area (Å²) in [7, 11) is 0. The molecule has 1 N–H and O–H groups in total. The Morgan fingerprint density at radius 1 is 1.15 bits per heavy atom. The van der Waals surface area contributed by atoms with E-state index in [0.717, 1.165) is 5.56 Å². The maximum Gasteiger partial charge on any atom is 0.146 e. The van der Waals surface area contributed by atoms with Gasteiger partial charge in [-0.3, -0.25) is 0 Å². The topological polar surface area (TPSA) is 29.5 Å². The minimum atomic E-state index is -0.829. The van der Waals surface area contributed by atoms with Crippen molar-refractivity contribution in [2.45, 2.75) is 26.9 Å². The summed E-state index contributed by atoms with van der Waals surface area (Å²) in [6, 6.07) is 8.27. The van der Waals surface area contributed by atoms with Crippen molar-refractivity contribution in [2.75, 3.05) is 0 Å². The van der Waals surface area contributed by atoms with Crippen LogP contribution in [-0.2, 0) is 0 Å². The third kappa shape index (κ3) is 3.11. The Morgan fingerprint density at radius 3 is 2.45 bits per heavy atom. The zero-order valence-corrected chi connectivity index (χ0v) is 12.3. The molecule has 0 fully saturated rings. The van der Waals surface area contributed by atoms with Crippen LogP contribution in [0.2, 0.25) is 5.02 Å². The zero-order valence-electron chi connectivity index (χ0n) is 11.6. The van der Waals surface area contributed by atoms with Crippen molar-refractivity contribution >= 4 is 11.6 Å². The van der Waals surface area contributed by atoms with Crippen molar-refractivity contribution in [3.63, 3.8) is 0 Å². The molecule has 0 unspecified atom stereocenters. The molecule has 0 spiro atoms. The molecule has 0 bridgehead atoms. The Balaban J connectivity index is 2.44. The fourth-order valence-corrected chi connectivity index (χ4v) is 2.17. The number of aliphatic hydroxyl groups is 1. The Kier molecular flexibility index (Phi) is 4.31. The number of aliphatic hydroxyl groups excluding tert-OH is 1. The van der Waals surface area contributed by atoms with Crippen LogP contribution >= 0.6 is 11.6 Å². The Labute approximate surface area is 122 Å². The molecule has 2 aromatic rings. The van der Waals surface area contributed by atoms with E-state index in [4.69, 9.17) is 16.3 Å². The molecule has 0 aliphatic rings. The van der Waals surface area contributed by atoms with Crippen LogP contribution in [0.1, 0.15) is 29.7 Å². The molecule has 1 atom stereocenters. The van der Waals surface area contributed by atoms with Crippen molar-refractivity contribution in [1.29, 1.82) is 0 Å². The van der Waals surface area contributed by atoms with E-state index in [-0.39, 0.29) is 5.82 Å². The molecular weight excluding hydrogens is 279 g/mol. The van der Waals surface area contributed by atoms with Crippen LogP contribution in [0.25, 0.3) is 0 Å². The van der Waals surface area contributed by atoms with Gasteiger partial charge in [0.2, 0.25) is 0 Å². The molecule has 2 rings (SSSR count). The van der Waals surface area contributed by atoms with Gasteiger partial charge in [0.15, 0.2) is 0 Å². The molecular formula is C16H16ClFO2. The van der Waals surface area contributed by atoms with Crippen molar-refractivity contribution in [1.82, 2.24) is 0 Å². The first kappa shape index (κ1) is 14.8. The highest BCUT2D eigenvalue weighted by Crippen LogP contribution is 2.35. The van der Waals surface area contributed by atoms with E-state index >= 15 is 0 Å². The van der Waals surface area contributed by atoms with Gasteiger partial charge >= 0.3 is 0 Å². The first-order valence-electron chi connectivity index (χ1n) is 6.30. The van der Waals surface area contributed by atoms with Gasteiger partial charge in [-0.15, -0.1) is 0 Å². The van der Waals surface area contributed by atoms with E-state index in [9.17, 15) is 9.50 Å². The van der Waals surface area contributed by atoms with Crippen LogP contribution in [0.15, 0.2) is 30.3 Å². The number of aryl methyl sites for hydroxylation is 2. The van der Waals surface area contributed by atoms with Crippen molar-refractivity contribution < 1.29 is 14.2 Å². The van der Waals surface area contributed by atoms with E-state index in [1.807, 2.05) is 13.0 Å². The van der Waals surface area contributed by atoms with Crippen molar-refractivity contribution in [3.8, 4) is 11.5 Å². The van der Waals surface area contributed by atoms with Gasteiger partial charge in [-0.05, 0) is 56.2 Å². The maximum atomic E-state index is 13.6. The van der Waals surface area contributed by atoms with Gasteiger partial charge in [0.25, 0.3) is 0 Å². The number of hydrogen-bond donors (Lipinski definition) is 1. The highest BCUT2D eigenvalue weighted by atomic mass is 35.5. The van der Waals surface area contributed by atoms with E-state index in [2.05, 4.69) is 0 Å². The fourth-order valence-electron chi connectivity index (χ4n) is 1.89. The van der Waals surface area contributed by atoms with Crippen LogP contribution in [0.3, 0.4) is 0 Å². The van der Waals surface area contributed by atoms with Crippen LogP contribution in [0.5, 0.6) is 11.5 Å². The highest BCUT2D eigenvalue weighted by Gasteiger charge is 2.14. The molecule has 106 valence electrons. The third-order valence-corrected chi connectivity index (χ3v) is 3.34. The SMILES string of the molecule is Cc1ccc(Oc2cc(C)c(F)cc2[C@H](C)O)c(Cl)c1. The zero-order chi connectivity index (χ0) is 14.9. The monoisotopic (exact) mass is 294 g/mol. The normalized spacial score (nSPS) is 12.3. The lowest BCUT2D eigenvalue weighted by Gasteiger charge is -2.15. The van der Waals surface area contributed by atoms with Gasteiger partial charge in [-0.25, -0.2) is 4.39 Å². The standard InChI is InChI=1S/C16H16ClFO2/c1-9-4-5-15(13(17)6-9)20-16-7-10(2)14(18)8-12(16)11(3)19/h4-8,11,19H,1-3H3/t11-/m0/s1. The lowest BCUT2D eigenvalue weighted by atomic mass is 10.1. The number of halogens is 2. The molecule has 2 nitrogen and oxygen atoms in total. The predicted octanol–water partition coefficient (Wildman–Crippen LogP) is 4.94. The largest absolute Gasteiger partial charge is 0.455 e. The van der Waals surface area contributed by atoms with Crippen LogP contribution in [-0.4, -0.2) is 5.11 Å². The van der Waals surface area contributed by atoms with Gasteiger partial charge in [-0.2, -0.15) is 0 Å². The summed E-state index contributed by atoms with van der Waals surface area (Å²) in [5.74, 6) is 0.512. The second-order valence-electron chi connectivity index (χ2n) is 4.85. The second-order valence-corrected chi connectivity index (χ2v) is 5.26. The quantitative estimate of drug-likeness (QED) is 0.868. The molecule has 4 heteroatoms. The molecule has 0 heterocycles. The van der Waals surface area contributed by atoms with E-state index in [1.165, 1.54) is 6.07 Å². The molecule has 0 amide bonds. The van der Waals surface area contributed by atoms with Crippen LogP contribution in [0, 0.1) is 19.7 Å². The van der Waals surface area contributed by atoms with Gasteiger partial charge in [-0.1, -0.05) is 17.7 Å². The van der Waals surface area contributed by atoms with Crippen LogP contribution in [0.4, 0.5) is 4.39 Å². The first-order chi connectivity index (χ1) is 9.38. The third-order valence-electron chi connectivity index (χ3n) is 3.05. The van der Waals surface area contributed by atoms with Crippen molar-refractivity contribution in [3.05, 3.63) is 57.9 Å². The summed E-state index contributed by atoms with van der Waals surface area (Å²) in [5, 5.41) is 10.2. The summed E-state index contributed by atoms with van der Waals surface area (Å²) in [6.07, 6.45) is -0.829. The summed E-state index contributed by atoms with van der Waals surface area (Å²) in [6.45, 7) is 5.14. The maximum absolute atomic E-state index is 13.6. The molecule has 2 aromatic carbocycles. The van der Waals surface area contributed by atoms with Gasteiger partial charge in [0.1, 0.15) is 17.3 Å². The van der Waals surface area contributed by atoms with Gasteiger partial charge < -0.3 is 9.84 Å². The molecule has 20 heavy (non-hydrogen) atoms. The van der Waals surface area contributed by atoms with Gasteiger partial charge in [0, 0.05) is 5.56 Å². The van der Waals surface area contributed by atoms with E-state index < -0.39 is 6.10 Å². The lowest BCUT2D eigenvalue weighted by molar-refractivity contribution is 0.195. The minimum absolute atomic E-state index is 0.372. The van der Waals surface area contributed by atoms with Crippen molar-refractivity contribution in [2.24, 2.45) is 0 Å². The fraction of sp³-hybridized carbons (Fsp3) is 0.250. The molecule has 0 aliphatic heterocycles. The average Bonchev–Trinajstić information content (AvgIpc) is 2.36. The molecule has 0 saturated heterocycles. The van der Waals surface area contributed by atoms with E-state index in [0.29, 0.717) is 27.6 Å². The highest BCUT2D eigenvalue weighted by molar-refractivity contribution is 6.32. The minimum Gasteiger partial charge on any atom is -0.455 e. The predicted molar refractivity (Wildman–Crippen MR) is 78.0 cm³/mol. The van der Waals surface area contributed by atoms with Crippen LogP contribution < -0.4 is 4.74 Å². The number of ether oxygens (including phenoxy) is 1. The summed E-state index contributed by atoms with van der Waals surface area (Å²) < 4.78 is 19.3. The molecule has 0 aromatic heterocycles. The summed E-state index contributed by atoms with van der Waals surface area (Å²) >= 11 is 6.12. The average molecular weight is 295 g/mol. The molecule has 0 aliphatic carbocycles. The Hall–Kier alpha value is -1.58. The molecule has 0 saturated carbocycles. The lowest BCUT2D eigenvalue weighted by Crippen LogP contribution is -1.99. The van der Waals surface area contributed by atoms with Gasteiger partial charge in [0.05, 0.1) is 11.1 Å². The number of benzene rings is 2. The Bertz CT molecular complexity index is 639. The first-order valence-corrected chi connectivity index (χ1v) is 6.68. The Morgan fingerprint density at radius 2 is 1.85 bits per heavy atom. The molecule has 0 radical (unpaired) electrons. The number of hydrogen-bond acceptors (Lipinski definition) is 2. The number of rotatable bonds is 3. The smallest absolute Gasteiger partial charge is 0.146 e. The summed E-state index contributed by atoms with van der Waals surface area (Å²) in [5.41, 5.74) is 1.87. The second kappa shape index (κ2) is 5.81.